The van der Waals surface area contributed by atoms with Crippen LogP contribution in [0.1, 0.15) is 30.8 Å². The summed E-state index contributed by atoms with van der Waals surface area (Å²) in [5, 5.41) is 14.2. The summed E-state index contributed by atoms with van der Waals surface area (Å²) in [4.78, 5) is 2.08. The lowest BCUT2D eigenvalue weighted by molar-refractivity contribution is 0.101. The standard InChI is InChI=1S/C16H23N3O2/c1-12-8-15(12)16-5-4-14(21-16)11-18(2)9-13(20)10-19-7-3-6-17-19/h3-7,12-13,15,20H,8-11H2,1-2H3/t12-,13+,15+/m1/s1. The van der Waals surface area contributed by atoms with Crippen molar-refractivity contribution >= 4 is 0 Å². The average Bonchev–Trinajstić information content (AvgIpc) is 2.83. The highest BCUT2D eigenvalue weighted by Crippen LogP contribution is 2.47. The van der Waals surface area contributed by atoms with Gasteiger partial charge in [0.2, 0.25) is 0 Å². The molecule has 0 radical (unpaired) electrons. The van der Waals surface area contributed by atoms with Crippen LogP contribution in [-0.4, -0.2) is 39.5 Å². The fraction of sp³-hybridized carbons (Fsp3) is 0.562. The molecule has 5 nitrogen and oxygen atoms in total. The molecule has 21 heavy (non-hydrogen) atoms. The van der Waals surface area contributed by atoms with Crippen LogP contribution in [0.4, 0.5) is 0 Å². The number of furan rings is 1. The predicted octanol–water partition coefficient (Wildman–Crippen LogP) is 2.09. The zero-order valence-corrected chi connectivity index (χ0v) is 12.6. The second kappa shape index (κ2) is 6.03. The van der Waals surface area contributed by atoms with Crippen molar-refractivity contribution in [2.75, 3.05) is 13.6 Å². The second-order valence-electron chi connectivity index (χ2n) is 6.20. The van der Waals surface area contributed by atoms with E-state index in [1.807, 2.05) is 19.3 Å². The maximum absolute atomic E-state index is 10.1. The molecular weight excluding hydrogens is 266 g/mol. The van der Waals surface area contributed by atoms with Gasteiger partial charge in [-0.2, -0.15) is 5.10 Å². The van der Waals surface area contributed by atoms with E-state index in [1.54, 1.807) is 10.9 Å². The van der Waals surface area contributed by atoms with Crippen LogP contribution in [0.15, 0.2) is 35.0 Å². The summed E-state index contributed by atoms with van der Waals surface area (Å²) in [6.45, 7) is 4.08. The summed E-state index contributed by atoms with van der Waals surface area (Å²) in [5.41, 5.74) is 0. The number of aliphatic hydroxyl groups excluding tert-OH is 1. The lowest BCUT2D eigenvalue weighted by atomic mass is 10.3. The minimum atomic E-state index is -0.437. The summed E-state index contributed by atoms with van der Waals surface area (Å²) in [6, 6.07) is 6.01. The lowest BCUT2D eigenvalue weighted by Crippen LogP contribution is -2.31. The third-order valence-corrected chi connectivity index (χ3v) is 4.06. The summed E-state index contributed by atoms with van der Waals surface area (Å²) in [6.07, 6.45) is 4.39. The molecule has 1 saturated carbocycles. The Morgan fingerprint density at radius 2 is 2.33 bits per heavy atom. The molecule has 0 spiro atoms. The second-order valence-corrected chi connectivity index (χ2v) is 6.20. The zero-order chi connectivity index (χ0) is 14.8. The monoisotopic (exact) mass is 289 g/mol. The maximum Gasteiger partial charge on any atom is 0.118 e. The van der Waals surface area contributed by atoms with Gasteiger partial charge in [-0.3, -0.25) is 9.58 Å². The molecule has 1 fully saturated rings. The van der Waals surface area contributed by atoms with E-state index in [9.17, 15) is 5.11 Å². The van der Waals surface area contributed by atoms with Crippen LogP contribution in [-0.2, 0) is 13.1 Å². The Kier molecular flexibility index (Phi) is 4.12. The van der Waals surface area contributed by atoms with Crippen LogP contribution in [0.3, 0.4) is 0 Å². The molecule has 1 N–H and O–H groups in total. The van der Waals surface area contributed by atoms with Crippen LogP contribution in [0.2, 0.25) is 0 Å². The zero-order valence-electron chi connectivity index (χ0n) is 12.6. The first-order chi connectivity index (χ1) is 10.1. The van der Waals surface area contributed by atoms with E-state index < -0.39 is 6.10 Å². The molecule has 0 aromatic carbocycles. The van der Waals surface area contributed by atoms with Gasteiger partial charge in [0.1, 0.15) is 11.5 Å². The maximum atomic E-state index is 10.1. The smallest absolute Gasteiger partial charge is 0.118 e. The number of aliphatic hydroxyl groups is 1. The topological polar surface area (TPSA) is 54.4 Å². The molecule has 0 bridgehead atoms. The molecule has 2 heterocycles. The van der Waals surface area contributed by atoms with Gasteiger partial charge < -0.3 is 9.52 Å². The highest BCUT2D eigenvalue weighted by Gasteiger charge is 2.36. The normalized spacial score (nSPS) is 22.7. The number of rotatable bonds is 7. The first-order valence-corrected chi connectivity index (χ1v) is 7.54. The van der Waals surface area contributed by atoms with Crippen LogP contribution >= 0.6 is 0 Å². The Morgan fingerprint density at radius 1 is 1.52 bits per heavy atom. The van der Waals surface area contributed by atoms with Gasteiger partial charge in [0.25, 0.3) is 0 Å². The van der Waals surface area contributed by atoms with E-state index in [1.165, 1.54) is 6.42 Å². The number of likely N-dealkylation sites (N-methyl/N-ethyl adjacent to an activating group) is 1. The van der Waals surface area contributed by atoms with Gasteiger partial charge in [0.05, 0.1) is 19.2 Å². The summed E-state index contributed by atoms with van der Waals surface area (Å²) < 4.78 is 7.64. The largest absolute Gasteiger partial charge is 0.464 e. The Balaban J connectivity index is 1.47. The van der Waals surface area contributed by atoms with Crippen LogP contribution in [0, 0.1) is 5.92 Å². The Morgan fingerprint density at radius 3 is 3.00 bits per heavy atom. The van der Waals surface area contributed by atoms with E-state index in [2.05, 4.69) is 29.1 Å². The molecule has 1 aliphatic carbocycles. The average molecular weight is 289 g/mol. The van der Waals surface area contributed by atoms with Crippen molar-refractivity contribution in [3.8, 4) is 0 Å². The van der Waals surface area contributed by atoms with Crippen molar-refractivity contribution in [2.24, 2.45) is 5.92 Å². The molecule has 5 heteroatoms. The van der Waals surface area contributed by atoms with E-state index in [0.717, 1.165) is 24.0 Å². The molecule has 2 aromatic rings. The molecule has 0 unspecified atom stereocenters. The van der Waals surface area contributed by atoms with Crippen molar-refractivity contribution in [3.63, 3.8) is 0 Å². The van der Waals surface area contributed by atoms with Crippen molar-refractivity contribution in [1.82, 2.24) is 14.7 Å². The molecule has 0 saturated heterocycles. The lowest BCUT2D eigenvalue weighted by Gasteiger charge is -2.19. The highest BCUT2D eigenvalue weighted by molar-refractivity contribution is 5.17. The van der Waals surface area contributed by atoms with Crippen molar-refractivity contribution in [1.29, 1.82) is 0 Å². The number of hydrogen-bond donors (Lipinski definition) is 1. The van der Waals surface area contributed by atoms with E-state index in [0.29, 0.717) is 19.0 Å². The molecule has 3 atom stereocenters. The SMILES string of the molecule is C[C@@H]1C[C@@H]1c1ccc(CN(C)C[C@H](O)Cn2cccn2)o1. The van der Waals surface area contributed by atoms with Crippen molar-refractivity contribution < 1.29 is 9.52 Å². The van der Waals surface area contributed by atoms with Crippen LogP contribution < -0.4 is 0 Å². The van der Waals surface area contributed by atoms with Gasteiger partial charge in [-0.25, -0.2) is 0 Å². The van der Waals surface area contributed by atoms with Crippen LogP contribution in [0.25, 0.3) is 0 Å². The Labute approximate surface area is 125 Å². The summed E-state index contributed by atoms with van der Waals surface area (Å²) in [5.74, 6) is 3.47. The van der Waals surface area contributed by atoms with E-state index in [-0.39, 0.29) is 0 Å². The molecule has 2 aromatic heterocycles. The molecule has 1 aliphatic rings. The number of nitrogens with zero attached hydrogens (tertiary/aromatic N) is 3. The number of hydrogen-bond acceptors (Lipinski definition) is 4. The quantitative estimate of drug-likeness (QED) is 0.848. The van der Waals surface area contributed by atoms with Gasteiger partial charge in [0, 0.05) is 24.9 Å². The van der Waals surface area contributed by atoms with Crippen LogP contribution in [0.5, 0.6) is 0 Å². The van der Waals surface area contributed by atoms with Gasteiger partial charge in [-0.1, -0.05) is 6.92 Å². The predicted molar refractivity (Wildman–Crippen MR) is 79.8 cm³/mol. The summed E-state index contributed by atoms with van der Waals surface area (Å²) >= 11 is 0. The third-order valence-electron chi connectivity index (χ3n) is 4.06. The number of aromatic nitrogens is 2. The van der Waals surface area contributed by atoms with Gasteiger partial charge in [-0.15, -0.1) is 0 Å². The fourth-order valence-electron chi connectivity index (χ4n) is 2.77. The first-order valence-electron chi connectivity index (χ1n) is 7.54. The van der Waals surface area contributed by atoms with E-state index in [4.69, 9.17) is 4.42 Å². The molecular formula is C16H23N3O2. The minimum absolute atomic E-state index is 0.437. The molecule has 0 aliphatic heterocycles. The summed E-state index contributed by atoms with van der Waals surface area (Å²) in [7, 11) is 1.99. The molecule has 114 valence electrons. The highest BCUT2D eigenvalue weighted by atomic mass is 16.3. The van der Waals surface area contributed by atoms with Crippen molar-refractivity contribution in [2.45, 2.75) is 38.5 Å². The fourth-order valence-corrected chi connectivity index (χ4v) is 2.77. The van der Waals surface area contributed by atoms with E-state index >= 15 is 0 Å². The molecule has 3 rings (SSSR count). The Hall–Kier alpha value is -1.59. The van der Waals surface area contributed by atoms with Crippen molar-refractivity contribution in [3.05, 3.63) is 42.1 Å². The third kappa shape index (κ3) is 3.74. The van der Waals surface area contributed by atoms with Gasteiger partial charge >= 0.3 is 0 Å². The minimum Gasteiger partial charge on any atom is -0.464 e. The Bertz CT molecular complexity index is 564. The molecule has 0 amide bonds. The first kappa shape index (κ1) is 14.4. The van der Waals surface area contributed by atoms with Gasteiger partial charge in [-0.05, 0) is 37.6 Å². The van der Waals surface area contributed by atoms with Gasteiger partial charge in [0.15, 0.2) is 0 Å².